The number of phenolic OH excluding ortho intramolecular Hbond substituents is 1. The molecule has 0 saturated heterocycles. The maximum absolute atomic E-state index is 13.0. The van der Waals surface area contributed by atoms with Gasteiger partial charge in [-0.2, -0.15) is 4.73 Å². The molecule has 0 saturated carbocycles. The van der Waals surface area contributed by atoms with Crippen LogP contribution in [-0.4, -0.2) is 21.4 Å². The first-order valence-corrected chi connectivity index (χ1v) is 10.4. The molecule has 4 rings (SSSR count). The lowest BCUT2D eigenvalue weighted by atomic mass is 10.1. The number of Topliss-reactive ketones (excluding diaryl/α,β-unsaturated/α-hetero) is 1. The molecule has 0 fully saturated rings. The number of aromatic nitrogens is 2. The third-order valence-electron chi connectivity index (χ3n) is 4.82. The van der Waals surface area contributed by atoms with E-state index in [0.717, 1.165) is 18.0 Å². The summed E-state index contributed by atoms with van der Waals surface area (Å²) < 4.78 is 2.03. The molecule has 10 heteroatoms. The highest BCUT2D eigenvalue weighted by atomic mass is 35.5. The van der Waals surface area contributed by atoms with Crippen LogP contribution in [0.1, 0.15) is 15.9 Å². The van der Waals surface area contributed by atoms with Gasteiger partial charge in [-0.1, -0.05) is 65.1 Å². The molecule has 32 heavy (non-hydrogen) atoms. The standard InChI is InChI=1S/C22H14Cl3N3O4/c23-15-6-2-1-4-12(15)8-27-9-14(13-5-3-7-18(29)20(13)27)21(30)22(31)26-19-16(24)10-28(32)11-17(19)25/h1-7,9-11,29H,8H2,(H,26,31). The summed E-state index contributed by atoms with van der Waals surface area (Å²) in [6.45, 7) is 0.266. The highest BCUT2D eigenvalue weighted by molar-refractivity contribution is 6.50. The zero-order valence-electron chi connectivity index (χ0n) is 16.2. The van der Waals surface area contributed by atoms with Crippen molar-refractivity contribution in [3.8, 4) is 5.75 Å². The van der Waals surface area contributed by atoms with Crippen molar-refractivity contribution >= 4 is 63.1 Å². The summed E-state index contributed by atoms with van der Waals surface area (Å²) in [5, 5.41) is 24.9. The largest absolute Gasteiger partial charge is 0.619 e. The van der Waals surface area contributed by atoms with Crippen LogP contribution < -0.4 is 10.0 Å². The molecule has 4 aromatic rings. The van der Waals surface area contributed by atoms with Gasteiger partial charge in [0.15, 0.2) is 0 Å². The summed E-state index contributed by atoms with van der Waals surface area (Å²) in [7, 11) is 0. The zero-order chi connectivity index (χ0) is 23.0. The summed E-state index contributed by atoms with van der Waals surface area (Å²) >= 11 is 18.2. The lowest BCUT2D eigenvalue weighted by Gasteiger charge is -2.08. The maximum Gasteiger partial charge on any atom is 0.296 e. The third-order valence-corrected chi connectivity index (χ3v) is 5.77. The van der Waals surface area contributed by atoms with E-state index in [9.17, 15) is 19.9 Å². The minimum Gasteiger partial charge on any atom is -0.619 e. The lowest BCUT2D eigenvalue weighted by molar-refractivity contribution is -0.605. The maximum atomic E-state index is 13.0. The minimum atomic E-state index is -1.00. The van der Waals surface area contributed by atoms with E-state index in [1.54, 1.807) is 28.8 Å². The number of aromatic hydroxyl groups is 1. The fourth-order valence-corrected chi connectivity index (χ4v) is 4.11. The van der Waals surface area contributed by atoms with Gasteiger partial charge < -0.3 is 20.2 Å². The van der Waals surface area contributed by atoms with Crippen molar-refractivity contribution in [3.63, 3.8) is 0 Å². The number of halogens is 3. The number of hydrogen-bond donors (Lipinski definition) is 2. The Morgan fingerprint density at radius 2 is 1.69 bits per heavy atom. The van der Waals surface area contributed by atoms with E-state index in [2.05, 4.69) is 5.32 Å². The number of fused-ring (bicyclic) bond motifs is 1. The first-order valence-electron chi connectivity index (χ1n) is 9.24. The van der Waals surface area contributed by atoms with Gasteiger partial charge in [0.1, 0.15) is 15.8 Å². The van der Waals surface area contributed by atoms with Crippen LogP contribution in [0.2, 0.25) is 15.1 Å². The van der Waals surface area contributed by atoms with Crippen molar-refractivity contribution in [2.45, 2.75) is 6.54 Å². The van der Waals surface area contributed by atoms with Crippen LogP contribution >= 0.6 is 34.8 Å². The number of carbonyl (C=O) groups excluding carboxylic acids is 2. The van der Waals surface area contributed by atoms with Crippen LogP contribution in [0.5, 0.6) is 5.75 Å². The Bertz CT molecular complexity index is 1360. The molecule has 0 spiro atoms. The Kier molecular flexibility index (Phi) is 5.97. The van der Waals surface area contributed by atoms with Gasteiger partial charge in [0.05, 0.1) is 16.8 Å². The van der Waals surface area contributed by atoms with Gasteiger partial charge in [0.25, 0.3) is 11.7 Å². The van der Waals surface area contributed by atoms with Crippen molar-refractivity contribution in [3.05, 3.63) is 92.5 Å². The molecule has 162 valence electrons. The smallest absolute Gasteiger partial charge is 0.296 e. The molecule has 0 aliphatic heterocycles. The molecule has 0 radical (unpaired) electrons. The van der Waals surface area contributed by atoms with Crippen molar-refractivity contribution in [2.24, 2.45) is 0 Å². The summed E-state index contributed by atoms with van der Waals surface area (Å²) in [6.07, 6.45) is 3.48. The third kappa shape index (κ3) is 4.10. The van der Waals surface area contributed by atoms with E-state index in [1.807, 2.05) is 12.1 Å². The van der Waals surface area contributed by atoms with Gasteiger partial charge in [-0.05, 0) is 17.7 Å². The first-order chi connectivity index (χ1) is 15.3. The Labute approximate surface area is 196 Å². The van der Waals surface area contributed by atoms with Gasteiger partial charge in [-0.25, -0.2) is 0 Å². The number of benzene rings is 2. The topological polar surface area (TPSA) is 98.3 Å². The highest BCUT2D eigenvalue weighted by Gasteiger charge is 2.25. The van der Waals surface area contributed by atoms with Crippen LogP contribution in [0.15, 0.2) is 61.1 Å². The quantitative estimate of drug-likeness (QED) is 0.181. The lowest BCUT2D eigenvalue weighted by Crippen LogP contribution is -2.27. The summed E-state index contributed by atoms with van der Waals surface area (Å²) in [5.74, 6) is -1.93. The second-order valence-corrected chi connectivity index (χ2v) is 8.13. The number of pyridine rings is 1. The van der Waals surface area contributed by atoms with Crippen molar-refractivity contribution in [1.82, 2.24) is 4.57 Å². The number of anilines is 1. The molecule has 0 unspecified atom stereocenters. The van der Waals surface area contributed by atoms with Crippen molar-refractivity contribution in [1.29, 1.82) is 0 Å². The molecule has 1 amide bonds. The SMILES string of the molecule is O=C(Nc1c(Cl)c[n+]([O-])cc1Cl)C(=O)c1cn(Cc2ccccc2Cl)c2c(O)cccc12. The number of hydrogen-bond acceptors (Lipinski definition) is 4. The van der Waals surface area contributed by atoms with E-state index in [-0.39, 0.29) is 33.6 Å². The van der Waals surface area contributed by atoms with Crippen LogP contribution in [0, 0.1) is 5.21 Å². The Hall–Kier alpha value is -3.26. The molecule has 2 aromatic heterocycles. The minimum absolute atomic E-state index is 0.0526. The van der Waals surface area contributed by atoms with Gasteiger partial charge >= 0.3 is 0 Å². The number of amides is 1. The first kappa shape index (κ1) is 22.0. The number of carbonyl (C=O) groups is 2. The van der Waals surface area contributed by atoms with Crippen LogP contribution in [0.3, 0.4) is 0 Å². The van der Waals surface area contributed by atoms with E-state index >= 15 is 0 Å². The molecule has 0 atom stereocenters. The van der Waals surface area contributed by atoms with Gasteiger partial charge in [0.2, 0.25) is 12.4 Å². The fraction of sp³-hybridized carbons (Fsp3) is 0.0455. The molecular weight excluding hydrogens is 477 g/mol. The van der Waals surface area contributed by atoms with Crippen LogP contribution in [0.25, 0.3) is 10.9 Å². The van der Waals surface area contributed by atoms with E-state index in [0.29, 0.717) is 20.7 Å². The van der Waals surface area contributed by atoms with Gasteiger partial charge in [-0.3, -0.25) is 9.59 Å². The van der Waals surface area contributed by atoms with E-state index < -0.39 is 11.7 Å². The molecule has 2 heterocycles. The van der Waals surface area contributed by atoms with Crippen LogP contribution in [-0.2, 0) is 11.3 Å². The van der Waals surface area contributed by atoms with Gasteiger partial charge in [0, 0.05) is 23.2 Å². The van der Waals surface area contributed by atoms with Crippen molar-refractivity contribution in [2.75, 3.05) is 5.32 Å². The molecular formula is C22H14Cl3N3O4. The Balaban J connectivity index is 1.73. The van der Waals surface area contributed by atoms with Crippen molar-refractivity contribution < 1.29 is 19.4 Å². The Morgan fingerprint density at radius 3 is 2.38 bits per heavy atom. The number of para-hydroxylation sites is 1. The highest BCUT2D eigenvalue weighted by Crippen LogP contribution is 2.32. The number of nitrogens with one attached hydrogen (secondary N) is 1. The number of nitrogens with zero attached hydrogens (tertiary/aromatic N) is 2. The predicted octanol–water partition coefficient (Wildman–Crippen LogP) is 4.81. The van der Waals surface area contributed by atoms with E-state index in [1.165, 1.54) is 12.3 Å². The summed E-state index contributed by atoms with van der Waals surface area (Å²) in [4.78, 5) is 25.7. The Morgan fingerprint density at radius 1 is 1.00 bits per heavy atom. The number of ketones is 1. The summed E-state index contributed by atoms with van der Waals surface area (Å²) in [5.41, 5.74) is 1.17. The second-order valence-electron chi connectivity index (χ2n) is 6.91. The normalized spacial score (nSPS) is 11.0. The average Bonchev–Trinajstić information content (AvgIpc) is 3.11. The monoisotopic (exact) mass is 489 g/mol. The average molecular weight is 491 g/mol. The summed E-state index contributed by atoms with van der Waals surface area (Å²) in [6, 6.07) is 11.9. The molecule has 0 aliphatic rings. The zero-order valence-corrected chi connectivity index (χ0v) is 18.4. The molecule has 0 aliphatic carbocycles. The number of phenols is 1. The van der Waals surface area contributed by atoms with Gasteiger partial charge in [-0.15, -0.1) is 0 Å². The molecule has 7 nitrogen and oxygen atoms in total. The second kappa shape index (κ2) is 8.70. The molecule has 0 bridgehead atoms. The molecule has 2 N–H and O–H groups in total. The van der Waals surface area contributed by atoms with Crippen LogP contribution in [0.4, 0.5) is 5.69 Å². The molecule has 2 aromatic carbocycles. The predicted molar refractivity (Wildman–Crippen MR) is 123 cm³/mol. The van der Waals surface area contributed by atoms with E-state index in [4.69, 9.17) is 34.8 Å². The number of rotatable bonds is 5. The fourth-order valence-electron chi connectivity index (χ4n) is 3.37.